The highest BCUT2D eigenvalue weighted by atomic mass is 31.2. The van der Waals surface area contributed by atoms with Crippen molar-refractivity contribution in [1.82, 2.24) is 0 Å². The Balaban J connectivity index is 4.04. The summed E-state index contributed by atoms with van der Waals surface area (Å²) in [5.74, 6) is -0.825. The van der Waals surface area contributed by atoms with Crippen LogP contribution in [0, 0.1) is 0 Å². The molecule has 0 aliphatic rings. The number of carbonyl (C=O) groups is 2. The molecule has 0 fully saturated rings. The van der Waals surface area contributed by atoms with E-state index in [0.717, 1.165) is 32.1 Å². The summed E-state index contributed by atoms with van der Waals surface area (Å²) in [7, 11) is 1.18. The quantitative estimate of drug-likeness (QED) is 0.0195. The summed E-state index contributed by atoms with van der Waals surface area (Å²) in [5.41, 5.74) is 0. The molecule has 0 aromatic heterocycles. The van der Waals surface area contributed by atoms with Gasteiger partial charge in [0.05, 0.1) is 27.7 Å². The van der Waals surface area contributed by atoms with Crippen LogP contribution < -0.4 is 4.89 Å². The van der Waals surface area contributed by atoms with Crippen LogP contribution in [-0.4, -0.2) is 70.0 Å². The molecule has 0 N–H and O–H groups in total. The molecule has 2 atom stereocenters. The first kappa shape index (κ1) is 58.8. The summed E-state index contributed by atoms with van der Waals surface area (Å²) >= 11 is 0. The zero-order valence-corrected chi connectivity index (χ0v) is 41.1. The van der Waals surface area contributed by atoms with E-state index in [9.17, 15) is 19.0 Å². The molecule has 9 nitrogen and oxygen atoms in total. The third kappa shape index (κ3) is 46.3. The van der Waals surface area contributed by atoms with Crippen molar-refractivity contribution in [2.75, 3.05) is 47.5 Å². The minimum absolute atomic E-state index is 0.0271. The molecule has 0 bridgehead atoms. The molecule has 0 rings (SSSR count). The number of quaternary nitrogens is 1. The Morgan fingerprint density at radius 1 is 0.500 bits per heavy atom. The van der Waals surface area contributed by atoms with Gasteiger partial charge in [0.2, 0.25) is 0 Å². The van der Waals surface area contributed by atoms with E-state index >= 15 is 0 Å². The Morgan fingerprint density at radius 2 is 0.850 bits per heavy atom. The summed E-state index contributed by atoms with van der Waals surface area (Å²) in [6, 6.07) is 0. The number of hydrogen-bond acceptors (Lipinski definition) is 8. The van der Waals surface area contributed by atoms with Gasteiger partial charge in [-0.1, -0.05) is 206 Å². The summed E-state index contributed by atoms with van der Waals surface area (Å²) in [5, 5.41) is 0. The third-order valence-corrected chi connectivity index (χ3v) is 12.2. The van der Waals surface area contributed by atoms with Gasteiger partial charge in [0.15, 0.2) is 6.10 Å². The Kier molecular flexibility index (Phi) is 42.1. The second-order valence-corrected chi connectivity index (χ2v) is 20.0. The van der Waals surface area contributed by atoms with Gasteiger partial charge in [0.1, 0.15) is 19.8 Å². The van der Waals surface area contributed by atoms with E-state index in [0.29, 0.717) is 17.4 Å². The summed E-state index contributed by atoms with van der Waals surface area (Å²) in [4.78, 5) is 37.5. The molecule has 60 heavy (non-hydrogen) atoms. The smallest absolute Gasteiger partial charge is 0.306 e. The molecule has 0 heterocycles. The SMILES string of the molecule is CCCCCCCCCC/C=C\CCCCCCCCCCCCCCCCCC(=O)OC(COC(=O)CCCCCCCCCCC)COP(=O)([O-])OCC[N+](C)(C)C. The molecule has 0 saturated heterocycles. The lowest BCUT2D eigenvalue weighted by molar-refractivity contribution is -0.870. The fraction of sp³-hybridized carbons (Fsp3) is 0.920. The lowest BCUT2D eigenvalue weighted by atomic mass is 10.0. The van der Waals surface area contributed by atoms with Gasteiger partial charge >= 0.3 is 11.9 Å². The van der Waals surface area contributed by atoms with Crippen molar-refractivity contribution >= 4 is 19.8 Å². The number of hydrogen-bond donors (Lipinski definition) is 0. The van der Waals surface area contributed by atoms with Crippen LogP contribution in [0.2, 0.25) is 0 Å². The van der Waals surface area contributed by atoms with E-state index < -0.39 is 26.5 Å². The van der Waals surface area contributed by atoms with Gasteiger partial charge < -0.3 is 27.9 Å². The maximum Gasteiger partial charge on any atom is 0.306 e. The lowest BCUT2D eigenvalue weighted by Crippen LogP contribution is -2.37. The maximum atomic E-state index is 12.7. The number of phosphoric ester groups is 1. The van der Waals surface area contributed by atoms with Crippen LogP contribution in [0.5, 0.6) is 0 Å². The van der Waals surface area contributed by atoms with Gasteiger partial charge in [0.25, 0.3) is 7.82 Å². The Bertz CT molecular complexity index is 1030. The number of carbonyl (C=O) groups excluding carboxylic acids is 2. The van der Waals surface area contributed by atoms with E-state index in [2.05, 4.69) is 26.0 Å². The zero-order valence-electron chi connectivity index (χ0n) is 40.2. The van der Waals surface area contributed by atoms with Gasteiger partial charge in [-0.15, -0.1) is 0 Å². The minimum Gasteiger partial charge on any atom is -0.756 e. The average molecular weight is 872 g/mol. The second kappa shape index (κ2) is 43.0. The van der Waals surface area contributed by atoms with E-state index in [1.54, 1.807) is 0 Å². The molecule has 0 amide bonds. The van der Waals surface area contributed by atoms with Gasteiger partial charge in [-0.2, -0.15) is 0 Å². The molecular weight excluding hydrogens is 774 g/mol. The molecule has 0 aliphatic heterocycles. The van der Waals surface area contributed by atoms with Crippen LogP contribution >= 0.6 is 7.82 Å². The highest BCUT2D eigenvalue weighted by Gasteiger charge is 2.21. The first-order chi connectivity index (χ1) is 29.0. The monoisotopic (exact) mass is 872 g/mol. The summed E-state index contributed by atoms with van der Waals surface area (Å²) in [6.45, 7) is 4.24. The first-order valence-corrected chi connectivity index (χ1v) is 26.9. The van der Waals surface area contributed by atoms with Gasteiger partial charge in [-0.05, 0) is 38.5 Å². The van der Waals surface area contributed by atoms with Crippen molar-refractivity contribution in [3.63, 3.8) is 0 Å². The number of unbranched alkanes of at least 4 members (excludes halogenated alkanes) is 31. The number of likely N-dealkylation sites (N-methyl/N-ethyl adjacent to an activating group) is 1. The van der Waals surface area contributed by atoms with Crippen LogP contribution in [0.25, 0.3) is 0 Å². The lowest BCUT2D eigenvalue weighted by Gasteiger charge is -2.28. The van der Waals surface area contributed by atoms with Crippen molar-refractivity contribution in [2.24, 2.45) is 0 Å². The summed E-state index contributed by atoms with van der Waals surface area (Å²) < 4.78 is 33.9. The molecule has 10 heteroatoms. The van der Waals surface area contributed by atoms with Crippen LogP contribution in [0.1, 0.15) is 245 Å². The molecular formula is C50H98NO8P. The van der Waals surface area contributed by atoms with E-state index in [1.165, 1.54) is 180 Å². The Morgan fingerprint density at radius 3 is 1.23 bits per heavy atom. The van der Waals surface area contributed by atoms with Gasteiger partial charge in [0, 0.05) is 12.8 Å². The molecule has 2 unspecified atom stereocenters. The van der Waals surface area contributed by atoms with Crippen LogP contribution in [0.15, 0.2) is 12.2 Å². The Hall–Kier alpha value is -1.25. The number of nitrogens with zero attached hydrogens (tertiary/aromatic N) is 1. The zero-order chi connectivity index (χ0) is 44.3. The van der Waals surface area contributed by atoms with Crippen molar-refractivity contribution in [2.45, 2.75) is 251 Å². The van der Waals surface area contributed by atoms with Crippen molar-refractivity contribution < 1.29 is 42.1 Å². The molecule has 356 valence electrons. The van der Waals surface area contributed by atoms with Crippen LogP contribution in [0.4, 0.5) is 0 Å². The standard InChI is InChI=1S/C50H98NO8P/c1-6-8-10-12-14-16-17-18-19-20-21-22-23-24-25-26-27-28-29-30-31-32-33-35-37-39-41-43-50(53)59-48(47-58-60(54,55)57-45-44-51(3,4)5)46-56-49(52)42-40-38-36-34-15-13-11-9-7-2/h20-21,48H,6-19,22-47H2,1-5H3/b21-20-. The maximum absolute atomic E-state index is 12.7. The minimum atomic E-state index is -4.62. The fourth-order valence-corrected chi connectivity index (χ4v) is 8.03. The number of ether oxygens (including phenoxy) is 2. The molecule has 0 radical (unpaired) electrons. The highest BCUT2D eigenvalue weighted by Crippen LogP contribution is 2.38. The number of allylic oxidation sites excluding steroid dienone is 2. The molecule has 0 aromatic carbocycles. The van der Waals surface area contributed by atoms with E-state index in [1.807, 2.05) is 21.1 Å². The van der Waals surface area contributed by atoms with Gasteiger partial charge in [-0.25, -0.2) is 0 Å². The topological polar surface area (TPSA) is 111 Å². The summed E-state index contributed by atoms with van der Waals surface area (Å²) in [6.07, 6.45) is 47.0. The number of phosphoric acid groups is 1. The van der Waals surface area contributed by atoms with Crippen LogP contribution in [-0.2, 0) is 32.7 Å². The normalized spacial score (nSPS) is 13.5. The number of rotatable bonds is 47. The van der Waals surface area contributed by atoms with Crippen molar-refractivity contribution in [3.05, 3.63) is 12.2 Å². The first-order valence-electron chi connectivity index (χ1n) is 25.4. The van der Waals surface area contributed by atoms with Gasteiger partial charge in [-0.3, -0.25) is 14.2 Å². The second-order valence-electron chi connectivity index (χ2n) is 18.5. The average Bonchev–Trinajstić information content (AvgIpc) is 3.20. The van der Waals surface area contributed by atoms with E-state index in [4.69, 9.17) is 18.5 Å². The predicted octanol–water partition coefficient (Wildman–Crippen LogP) is 14.3. The molecule has 0 aliphatic carbocycles. The van der Waals surface area contributed by atoms with E-state index in [-0.39, 0.29) is 32.0 Å². The Labute approximate surface area is 371 Å². The highest BCUT2D eigenvalue weighted by molar-refractivity contribution is 7.45. The fourth-order valence-electron chi connectivity index (χ4n) is 7.30. The molecule has 0 aromatic rings. The molecule has 0 spiro atoms. The third-order valence-electron chi connectivity index (χ3n) is 11.3. The predicted molar refractivity (Wildman–Crippen MR) is 250 cm³/mol. The van der Waals surface area contributed by atoms with Crippen molar-refractivity contribution in [3.8, 4) is 0 Å². The number of esters is 2. The largest absolute Gasteiger partial charge is 0.756 e. The van der Waals surface area contributed by atoms with Crippen molar-refractivity contribution in [1.29, 1.82) is 0 Å². The molecule has 0 saturated carbocycles. The van der Waals surface area contributed by atoms with Crippen LogP contribution in [0.3, 0.4) is 0 Å².